The summed E-state index contributed by atoms with van der Waals surface area (Å²) in [5, 5.41) is 8.76. The van der Waals surface area contributed by atoms with Crippen LogP contribution in [0.4, 0.5) is 8.78 Å². The van der Waals surface area contributed by atoms with Crippen LogP contribution >= 0.6 is 11.8 Å². The van der Waals surface area contributed by atoms with E-state index in [-0.39, 0.29) is 22.6 Å². The Hall–Kier alpha value is -1.14. The van der Waals surface area contributed by atoms with Crippen molar-refractivity contribution in [1.82, 2.24) is 0 Å². The Morgan fingerprint density at radius 3 is 2.47 bits per heavy atom. The molecule has 1 aromatic carbocycles. The molecule has 0 fully saturated rings. The van der Waals surface area contributed by atoms with Crippen LogP contribution in [-0.2, 0) is 16.1 Å². The van der Waals surface area contributed by atoms with Gasteiger partial charge >= 0.3 is 5.97 Å². The van der Waals surface area contributed by atoms with Crippen LogP contribution in [0, 0.1) is 11.6 Å². The number of hydrogen-bond acceptors (Lipinski definition) is 4. The van der Waals surface area contributed by atoms with E-state index in [1.807, 2.05) is 0 Å². The molecule has 0 unspecified atom stereocenters. The molecule has 1 aromatic rings. The molecule has 1 N–H and O–H groups in total. The van der Waals surface area contributed by atoms with Crippen molar-refractivity contribution in [3.8, 4) is 0 Å². The van der Waals surface area contributed by atoms with Gasteiger partial charge in [-0.2, -0.15) is 0 Å². The van der Waals surface area contributed by atoms with Gasteiger partial charge in [-0.25, -0.2) is 8.78 Å². The van der Waals surface area contributed by atoms with Crippen molar-refractivity contribution in [1.29, 1.82) is 0 Å². The fourth-order valence-electron chi connectivity index (χ4n) is 1.18. The van der Waals surface area contributed by atoms with Crippen molar-refractivity contribution in [2.75, 3.05) is 12.9 Å². The highest BCUT2D eigenvalue weighted by molar-refractivity contribution is 7.99. The third-order valence-corrected chi connectivity index (χ3v) is 3.11. The molecule has 0 bridgehead atoms. The summed E-state index contributed by atoms with van der Waals surface area (Å²) in [7, 11) is 1.25. The Balaban J connectivity index is 2.68. The summed E-state index contributed by atoms with van der Waals surface area (Å²) < 4.78 is 31.2. The number of carbonyl (C=O) groups is 1. The monoisotopic (exact) mass is 262 g/mol. The van der Waals surface area contributed by atoms with Crippen molar-refractivity contribution in [2.24, 2.45) is 0 Å². The maximum atomic E-state index is 13.4. The smallest absolute Gasteiger partial charge is 0.306 e. The number of carbonyl (C=O) groups excluding carboxylic acids is 1. The van der Waals surface area contributed by atoms with Gasteiger partial charge in [0.05, 0.1) is 25.0 Å². The van der Waals surface area contributed by atoms with Gasteiger partial charge in [0.25, 0.3) is 0 Å². The second-order valence-corrected chi connectivity index (χ2v) is 4.33. The van der Waals surface area contributed by atoms with E-state index in [1.165, 1.54) is 7.11 Å². The fraction of sp³-hybridized carbons (Fsp3) is 0.364. The van der Waals surface area contributed by atoms with Gasteiger partial charge in [-0.1, -0.05) is 0 Å². The zero-order valence-corrected chi connectivity index (χ0v) is 10.0. The van der Waals surface area contributed by atoms with Crippen molar-refractivity contribution >= 4 is 17.7 Å². The highest BCUT2D eigenvalue weighted by atomic mass is 32.2. The predicted molar refractivity (Wildman–Crippen MR) is 59.6 cm³/mol. The molecule has 3 nitrogen and oxygen atoms in total. The lowest BCUT2D eigenvalue weighted by molar-refractivity contribution is -0.140. The first-order valence-electron chi connectivity index (χ1n) is 4.87. The van der Waals surface area contributed by atoms with Crippen LogP contribution in [0.3, 0.4) is 0 Å². The summed E-state index contributed by atoms with van der Waals surface area (Å²) in [5.41, 5.74) is 0.178. The Morgan fingerprint density at radius 2 is 2.00 bits per heavy atom. The topological polar surface area (TPSA) is 46.5 Å². The molecular formula is C11H12F2O3S. The van der Waals surface area contributed by atoms with Gasteiger partial charge in [0, 0.05) is 5.75 Å². The minimum absolute atomic E-state index is 0.0851. The van der Waals surface area contributed by atoms with Gasteiger partial charge in [-0.3, -0.25) is 4.79 Å². The molecule has 6 heteroatoms. The van der Waals surface area contributed by atoms with Crippen molar-refractivity contribution in [2.45, 2.75) is 17.9 Å². The van der Waals surface area contributed by atoms with Crippen LogP contribution in [0.25, 0.3) is 0 Å². The highest BCUT2D eigenvalue weighted by Gasteiger charge is 2.12. The molecule has 0 spiro atoms. The normalized spacial score (nSPS) is 10.4. The summed E-state index contributed by atoms with van der Waals surface area (Å²) in [6.07, 6.45) is 0.0851. The molecule has 0 aromatic heterocycles. The van der Waals surface area contributed by atoms with Crippen LogP contribution in [0.5, 0.6) is 0 Å². The zero-order valence-electron chi connectivity index (χ0n) is 9.20. The van der Waals surface area contributed by atoms with Gasteiger partial charge < -0.3 is 9.84 Å². The Labute approximate surface area is 102 Å². The molecule has 0 atom stereocenters. The highest BCUT2D eigenvalue weighted by Crippen LogP contribution is 2.27. The summed E-state index contributed by atoms with van der Waals surface area (Å²) in [6, 6.07) is 2.15. The standard InChI is InChI=1S/C11H12F2O3S/c1-16-10(15)2-3-17-11-8(12)4-7(6-14)5-9(11)13/h4-5,14H,2-3,6H2,1H3. The predicted octanol–water partition coefficient (Wildman–Crippen LogP) is 2.11. The summed E-state index contributed by atoms with van der Waals surface area (Å²) in [5.74, 6) is -1.66. The van der Waals surface area contributed by atoms with Crippen LogP contribution in [0.1, 0.15) is 12.0 Å². The molecule has 17 heavy (non-hydrogen) atoms. The number of ether oxygens (including phenoxy) is 1. The Kier molecular flexibility index (Phi) is 5.37. The van der Waals surface area contributed by atoms with Crippen LogP contribution in [-0.4, -0.2) is 23.9 Å². The number of thioether (sulfide) groups is 1. The van der Waals surface area contributed by atoms with Crippen LogP contribution in [0.2, 0.25) is 0 Å². The summed E-state index contributed by atoms with van der Waals surface area (Å²) in [6.45, 7) is -0.416. The van der Waals surface area contributed by atoms with Gasteiger partial charge in [-0.05, 0) is 17.7 Å². The SMILES string of the molecule is COC(=O)CCSc1c(F)cc(CO)cc1F. The van der Waals surface area contributed by atoms with Gasteiger partial charge in [0.2, 0.25) is 0 Å². The molecule has 0 aliphatic rings. The van der Waals surface area contributed by atoms with E-state index in [1.54, 1.807) is 0 Å². The minimum Gasteiger partial charge on any atom is -0.469 e. The molecule has 1 rings (SSSR count). The van der Waals surface area contributed by atoms with Crippen LogP contribution < -0.4 is 0 Å². The first-order valence-corrected chi connectivity index (χ1v) is 5.85. The summed E-state index contributed by atoms with van der Waals surface area (Å²) >= 11 is 0.904. The Bertz CT molecular complexity index is 387. The van der Waals surface area contributed by atoms with E-state index in [0.717, 1.165) is 23.9 Å². The van der Waals surface area contributed by atoms with Gasteiger partial charge in [0.15, 0.2) is 0 Å². The van der Waals surface area contributed by atoms with E-state index in [2.05, 4.69) is 4.74 Å². The van der Waals surface area contributed by atoms with Crippen molar-refractivity contribution in [3.63, 3.8) is 0 Å². The summed E-state index contributed by atoms with van der Waals surface area (Å²) in [4.78, 5) is 10.7. The molecule has 0 heterocycles. The maximum Gasteiger partial charge on any atom is 0.306 e. The van der Waals surface area contributed by atoms with Crippen molar-refractivity contribution in [3.05, 3.63) is 29.3 Å². The number of esters is 1. The number of halogens is 2. The second kappa shape index (κ2) is 6.56. The molecule has 0 amide bonds. The van der Waals surface area contributed by atoms with Gasteiger partial charge in [0.1, 0.15) is 11.6 Å². The number of aliphatic hydroxyl groups is 1. The van der Waals surface area contributed by atoms with Gasteiger partial charge in [-0.15, -0.1) is 11.8 Å². The van der Waals surface area contributed by atoms with E-state index in [4.69, 9.17) is 5.11 Å². The third kappa shape index (κ3) is 3.98. The number of methoxy groups -OCH3 is 1. The average Bonchev–Trinajstić information content (AvgIpc) is 2.31. The Morgan fingerprint density at radius 1 is 1.41 bits per heavy atom. The van der Waals surface area contributed by atoms with E-state index < -0.39 is 24.2 Å². The third-order valence-electron chi connectivity index (χ3n) is 2.02. The lowest BCUT2D eigenvalue weighted by Gasteiger charge is -2.06. The fourth-order valence-corrected chi connectivity index (χ4v) is 2.05. The number of hydrogen-bond donors (Lipinski definition) is 1. The first kappa shape index (κ1) is 13.9. The molecular weight excluding hydrogens is 250 g/mol. The van der Waals surface area contributed by atoms with E-state index in [0.29, 0.717) is 0 Å². The molecule has 0 aliphatic heterocycles. The van der Waals surface area contributed by atoms with E-state index >= 15 is 0 Å². The second-order valence-electron chi connectivity index (χ2n) is 3.22. The minimum atomic E-state index is -0.732. The number of benzene rings is 1. The maximum absolute atomic E-state index is 13.4. The molecule has 94 valence electrons. The quantitative estimate of drug-likeness (QED) is 0.652. The van der Waals surface area contributed by atoms with Crippen molar-refractivity contribution < 1.29 is 23.4 Å². The average molecular weight is 262 g/mol. The number of rotatable bonds is 5. The van der Waals surface area contributed by atoms with Crippen LogP contribution in [0.15, 0.2) is 17.0 Å². The molecule has 0 saturated heterocycles. The molecule has 0 aliphatic carbocycles. The first-order chi connectivity index (χ1) is 8.08. The molecule has 0 saturated carbocycles. The van der Waals surface area contributed by atoms with E-state index in [9.17, 15) is 13.6 Å². The molecule has 0 radical (unpaired) electrons. The zero-order chi connectivity index (χ0) is 12.8. The lowest BCUT2D eigenvalue weighted by atomic mass is 10.2. The largest absolute Gasteiger partial charge is 0.469 e. The number of aliphatic hydroxyl groups excluding tert-OH is 1. The lowest BCUT2D eigenvalue weighted by Crippen LogP contribution is -2.02.